The smallest absolute Gasteiger partial charge is 0.346 e. The number of carbonyl (C=O) groups excluding carboxylic acids is 4. The number of ether oxygens (including phenoxy) is 2. The average molecular weight is 432 g/mol. The SMILES string of the molecule is O=CC1(COC(=O)C2CC3C=CC2C3c2ccc3c(c2)C(=O)OC3=O)CC2CCC3C2C31. The van der Waals surface area contributed by atoms with Crippen LogP contribution in [0.3, 0.4) is 0 Å². The van der Waals surface area contributed by atoms with E-state index in [1.54, 1.807) is 12.1 Å². The predicted octanol–water partition coefficient (Wildman–Crippen LogP) is 3.31. The largest absolute Gasteiger partial charge is 0.464 e. The molecule has 6 heteroatoms. The van der Waals surface area contributed by atoms with Crippen LogP contribution in [0.15, 0.2) is 30.4 Å². The molecule has 1 aliphatic heterocycles. The summed E-state index contributed by atoms with van der Waals surface area (Å²) in [4.78, 5) is 48.9. The molecule has 0 radical (unpaired) electrons. The molecular formula is C26H24O6. The molecule has 4 saturated carbocycles. The molecule has 7 rings (SSSR count). The minimum atomic E-state index is -0.607. The zero-order valence-electron chi connectivity index (χ0n) is 17.6. The van der Waals surface area contributed by atoms with E-state index >= 15 is 0 Å². The van der Waals surface area contributed by atoms with E-state index in [0.29, 0.717) is 41.2 Å². The lowest BCUT2D eigenvalue weighted by Crippen LogP contribution is -2.34. The van der Waals surface area contributed by atoms with Crippen molar-refractivity contribution in [3.63, 3.8) is 0 Å². The normalized spacial score (nSPS) is 43.9. The Morgan fingerprint density at radius 2 is 2.00 bits per heavy atom. The van der Waals surface area contributed by atoms with Gasteiger partial charge < -0.3 is 14.3 Å². The molecule has 1 aromatic carbocycles. The summed E-state index contributed by atoms with van der Waals surface area (Å²) in [6.07, 6.45) is 9.33. The summed E-state index contributed by atoms with van der Waals surface area (Å²) in [6, 6.07) is 5.27. The van der Waals surface area contributed by atoms with Crippen molar-refractivity contribution in [2.24, 2.45) is 46.8 Å². The maximum Gasteiger partial charge on any atom is 0.346 e. The number of hydrogen-bond donors (Lipinski definition) is 0. The van der Waals surface area contributed by atoms with E-state index in [4.69, 9.17) is 9.47 Å². The van der Waals surface area contributed by atoms with Gasteiger partial charge in [-0.05, 0) is 84.8 Å². The summed E-state index contributed by atoms with van der Waals surface area (Å²) in [6.45, 7) is 0.221. The molecule has 0 saturated heterocycles. The zero-order valence-corrected chi connectivity index (χ0v) is 17.6. The Hall–Kier alpha value is -2.76. The highest BCUT2D eigenvalue weighted by molar-refractivity contribution is 6.14. The predicted molar refractivity (Wildman–Crippen MR) is 110 cm³/mol. The Labute approximate surface area is 185 Å². The van der Waals surface area contributed by atoms with E-state index in [1.165, 1.54) is 12.8 Å². The number of rotatable bonds is 5. The van der Waals surface area contributed by atoms with Crippen LogP contribution in [0.1, 0.15) is 57.9 Å². The van der Waals surface area contributed by atoms with Gasteiger partial charge in [0, 0.05) is 0 Å². The monoisotopic (exact) mass is 432 g/mol. The molecule has 0 amide bonds. The van der Waals surface area contributed by atoms with Crippen molar-refractivity contribution in [1.29, 1.82) is 0 Å². The zero-order chi connectivity index (χ0) is 21.8. The molecule has 4 fully saturated rings. The molecule has 0 aromatic heterocycles. The molecule has 9 unspecified atom stereocenters. The van der Waals surface area contributed by atoms with Crippen LogP contribution in [0, 0.1) is 46.8 Å². The quantitative estimate of drug-likeness (QED) is 0.307. The fourth-order valence-corrected chi connectivity index (χ4v) is 8.20. The van der Waals surface area contributed by atoms with Gasteiger partial charge in [0.15, 0.2) is 0 Å². The second-order valence-electron chi connectivity index (χ2n) is 10.7. The minimum Gasteiger partial charge on any atom is -0.464 e. The lowest BCUT2D eigenvalue weighted by atomic mass is 9.82. The Morgan fingerprint density at radius 3 is 2.78 bits per heavy atom. The van der Waals surface area contributed by atoms with E-state index in [9.17, 15) is 19.2 Å². The van der Waals surface area contributed by atoms with Gasteiger partial charge in [-0.25, -0.2) is 9.59 Å². The third-order valence-electron chi connectivity index (χ3n) is 9.47. The lowest BCUT2D eigenvalue weighted by Gasteiger charge is -2.27. The highest BCUT2D eigenvalue weighted by Gasteiger charge is 2.72. The van der Waals surface area contributed by atoms with Crippen molar-refractivity contribution in [3.05, 3.63) is 47.0 Å². The van der Waals surface area contributed by atoms with Crippen LogP contribution in [-0.4, -0.2) is 30.8 Å². The molecule has 2 bridgehead atoms. The summed E-state index contributed by atoms with van der Waals surface area (Å²) < 4.78 is 10.6. The molecule has 6 aliphatic rings. The van der Waals surface area contributed by atoms with Gasteiger partial charge in [0.25, 0.3) is 0 Å². The first kappa shape index (κ1) is 18.8. The van der Waals surface area contributed by atoms with Crippen LogP contribution in [0.2, 0.25) is 0 Å². The molecular weight excluding hydrogens is 408 g/mol. The molecule has 0 spiro atoms. The topological polar surface area (TPSA) is 86.7 Å². The Kier molecular flexibility index (Phi) is 3.63. The van der Waals surface area contributed by atoms with E-state index in [0.717, 1.165) is 18.3 Å². The summed E-state index contributed by atoms with van der Waals surface area (Å²) >= 11 is 0. The summed E-state index contributed by atoms with van der Waals surface area (Å²) in [7, 11) is 0. The molecule has 0 N–H and O–H groups in total. The number of hydrogen-bond acceptors (Lipinski definition) is 6. The van der Waals surface area contributed by atoms with Crippen LogP contribution >= 0.6 is 0 Å². The Morgan fingerprint density at radius 1 is 1.16 bits per heavy atom. The van der Waals surface area contributed by atoms with Gasteiger partial charge in [-0.2, -0.15) is 0 Å². The minimum absolute atomic E-state index is 0.000659. The number of cyclic esters (lactones) is 2. The molecule has 1 heterocycles. The summed E-state index contributed by atoms with van der Waals surface area (Å²) in [5, 5.41) is 0. The second-order valence-corrected chi connectivity index (χ2v) is 10.7. The second kappa shape index (κ2) is 6.18. The van der Waals surface area contributed by atoms with E-state index in [1.807, 2.05) is 6.07 Å². The van der Waals surface area contributed by atoms with Gasteiger partial charge in [0.05, 0.1) is 22.5 Å². The third kappa shape index (κ3) is 2.30. The van der Waals surface area contributed by atoms with Gasteiger partial charge >= 0.3 is 17.9 Å². The lowest BCUT2D eigenvalue weighted by molar-refractivity contribution is -0.154. The van der Waals surface area contributed by atoms with Gasteiger partial charge in [-0.15, -0.1) is 0 Å². The fraction of sp³-hybridized carbons (Fsp3) is 0.538. The molecule has 6 nitrogen and oxygen atoms in total. The van der Waals surface area contributed by atoms with Crippen LogP contribution < -0.4 is 0 Å². The Bertz CT molecular complexity index is 1120. The number of benzene rings is 1. The standard InChI is InChI=1S/C26H24O6/c27-10-26(9-14-3-6-17-21(14)22(17)26)11-31-23(28)18-7-12-1-4-15(18)20(12)13-2-5-16-19(8-13)25(30)32-24(16)29/h1-2,4-5,8,10,12,14-15,17-18,20-22H,3,6-7,9,11H2. The number of carbonyl (C=O) groups is 4. The van der Waals surface area contributed by atoms with E-state index in [-0.39, 0.29) is 36.2 Å². The summed E-state index contributed by atoms with van der Waals surface area (Å²) in [5.74, 6) is 1.04. The van der Waals surface area contributed by atoms with Gasteiger partial charge in [-0.1, -0.05) is 18.2 Å². The fourth-order valence-electron chi connectivity index (χ4n) is 8.20. The van der Waals surface area contributed by atoms with Crippen molar-refractivity contribution >= 4 is 24.2 Å². The van der Waals surface area contributed by atoms with Gasteiger partial charge in [0.1, 0.15) is 12.9 Å². The molecule has 32 heavy (non-hydrogen) atoms. The molecule has 5 aliphatic carbocycles. The van der Waals surface area contributed by atoms with Crippen LogP contribution in [0.4, 0.5) is 0 Å². The van der Waals surface area contributed by atoms with Crippen LogP contribution in [-0.2, 0) is 19.1 Å². The van der Waals surface area contributed by atoms with Crippen molar-refractivity contribution in [1.82, 2.24) is 0 Å². The first-order valence-corrected chi connectivity index (χ1v) is 11.7. The van der Waals surface area contributed by atoms with Gasteiger partial charge in [0.2, 0.25) is 0 Å². The highest BCUT2D eigenvalue weighted by Crippen LogP contribution is 2.74. The first-order chi connectivity index (χ1) is 15.5. The van der Waals surface area contributed by atoms with Gasteiger partial charge in [-0.3, -0.25) is 4.79 Å². The van der Waals surface area contributed by atoms with E-state index < -0.39 is 17.4 Å². The first-order valence-electron chi connectivity index (χ1n) is 11.7. The maximum atomic E-state index is 13.1. The third-order valence-corrected chi connectivity index (χ3v) is 9.47. The average Bonchev–Trinajstić information content (AvgIpc) is 3.20. The molecule has 1 aromatic rings. The van der Waals surface area contributed by atoms with E-state index in [2.05, 4.69) is 12.2 Å². The summed E-state index contributed by atoms with van der Waals surface area (Å²) in [5.41, 5.74) is 1.09. The highest BCUT2D eigenvalue weighted by atomic mass is 16.6. The van der Waals surface area contributed by atoms with Crippen molar-refractivity contribution in [3.8, 4) is 0 Å². The van der Waals surface area contributed by atoms with Crippen LogP contribution in [0.5, 0.6) is 0 Å². The van der Waals surface area contributed by atoms with Crippen LogP contribution in [0.25, 0.3) is 0 Å². The van der Waals surface area contributed by atoms with Crippen molar-refractivity contribution in [2.75, 3.05) is 6.61 Å². The number of esters is 3. The van der Waals surface area contributed by atoms with Crippen molar-refractivity contribution in [2.45, 2.75) is 31.6 Å². The number of aldehydes is 1. The number of allylic oxidation sites excluding steroid dienone is 2. The molecule has 164 valence electrons. The molecule has 9 atom stereocenters. The van der Waals surface area contributed by atoms with Crippen molar-refractivity contribution < 1.29 is 28.7 Å². The Balaban J connectivity index is 1.08. The number of fused-ring (bicyclic) bond motifs is 4. The maximum absolute atomic E-state index is 13.1.